The van der Waals surface area contributed by atoms with Gasteiger partial charge in [0, 0.05) is 11.4 Å². The minimum absolute atomic E-state index is 0.105. The molecule has 214 valence electrons. The van der Waals surface area contributed by atoms with Gasteiger partial charge in [-0.1, -0.05) is 107 Å². The summed E-state index contributed by atoms with van der Waals surface area (Å²) in [5.41, 5.74) is 3.44. The molecule has 39 heavy (non-hydrogen) atoms. The largest absolute Gasteiger partial charge is 0.493 e. The Morgan fingerprint density at radius 1 is 0.821 bits per heavy atom. The molecule has 0 unspecified atom stereocenters. The monoisotopic (exact) mass is 576 g/mol. The lowest BCUT2D eigenvalue weighted by Gasteiger charge is -2.10. The first kappa shape index (κ1) is 32.6. The molecule has 0 spiro atoms. The molecule has 0 saturated heterocycles. The van der Waals surface area contributed by atoms with Crippen LogP contribution in [0.1, 0.15) is 113 Å². The normalized spacial score (nSPS) is 11.1. The maximum absolute atomic E-state index is 12.5. The van der Waals surface area contributed by atoms with Crippen LogP contribution < -0.4 is 14.9 Å². The molecule has 0 aliphatic carbocycles. The summed E-state index contributed by atoms with van der Waals surface area (Å²) in [6.07, 6.45) is 18.5. The first-order chi connectivity index (χ1) is 18.9. The Kier molecular flexibility index (Phi) is 16.3. The first-order valence-electron chi connectivity index (χ1n) is 14.1. The van der Waals surface area contributed by atoms with E-state index in [1.165, 1.54) is 96.1 Å². The number of esters is 1. The van der Waals surface area contributed by atoms with Gasteiger partial charge in [-0.2, -0.15) is 5.10 Å². The number of rotatable bonds is 19. The molecule has 0 aliphatic heterocycles. The Morgan fingerprint density at radius 3 is 2.03 bits per heavy atom. The molecule has 2 aromatic carbocycles. The van der Waals surface area contributed by atoms with E-state index in [2.05, 4.69) is 17.5 Å². The Morgan fingerprint density at radius 2 is 1.44 bits per heavy atom. The highest BCUT2D eigenvalue weighted by atomic mass is 35.5. The van der Waals surface area contributed by atoms with Crippen LogP contribution in [0.25, 0.3) is 0 Å². The smallest absolute Gasteiger partial charge is 0.345 e. The number of methoxy groups -OCH3 is 1. The van der Waals surface area contributed by atoms with Gasteiger partial charge in [0.1, 0.15) is 0 Å². The molecule has 1 N–H and O–H groups in total. The third-order valence-corrected chi connectivity index (χ3v) is 7.00. The van der Waals surface area contributed by atoms with E-state index >= 15 is 0 Å². The van der Waals surface area contributed by atoms with Gasteiger partial charge in [-0.15, -0.1) is 0 Å². The summed E-state index contributed by atoms with van der Waals surface area (Å²) in [6, 6.07) is 9.50. The quantitative estimate of drug-likeness (QED) is 0.0594. The second kappa shape index (κ2) is 19.5. The molecule has 2 rings (SSSR count). The van der Waals surface area contributed by atoms with E-state index in [4.69, 9.17) is 32.7 Å². The average molecular weight is 578 g/mol. The minimum Gasteiger partial charge on any atom is -0.493 e. The molecule has 0 atom stereocenters. The van der Waals surface area contributed by atoms with E-state index in [0.29, 0.717) is 22.8 Å². The number of carbonyl (C=O) groups is 2. The van der Waals surface area contributed by atoms with Crippen LogP contribution in [0.4, 0.5) is 0 Å². The molecular formula is C31H42Cl2N2O4. The zero-order chi connectivity index (χ0) is 28.3. The minimum atomic E-state index is -0.628. The van der Waals surface area contributed by atoms with Crippen molar-refractivity contribution in [3.8, 4) is 11.5 Å². The van der Waals surface area contributed by atoms with Crippen LogP contribution in [0.15, 0.2) is 41.5 Å². The third-order valence-electron chi connectivity index (χ3n) is 6.45. The summed E-state index contributed by atoms with van der Waals surface area (Å²) in [7, 11) is 1.47. The van der Waals surface area contributed by atoms with Crippen LogP contribution in [0.5, 0.6) is 11.5 Å². The predicted molar refractivity (Wildman–Crippen MR) is 160 cm³/mol. The van der Waals surface area contributed by atoms with E-state index in [1.807, 2.05) is 0 Å². The van der Waals surface area contributed by atoms with Crippen LogP contribution in [0.3, 0.4) is 0 Å². The lowest BCUT2D eigenvalue weighted by molar-refractivity contribution is -0.121. The highest BCUT2D eigenvalue weighted by Gasteiger charge is 2.16. The number of halogens is 2. The van der Waals surface area contributed by atoms with Crippen LogP contribution in [-0.4, -0.2) is 25.2 Å². The van der Waals surface area contributed by atoms with E-state index < -0.39 is 5.97 Å². The Labute approximate surface area is 243 Å². The zero-order valence-corrected chi connectivity index (χ0v) is 24.8. The second-order valence-electron chi connectivity index (χ2n) is 9.71. The summed E-state index contributed by atoms with van der Waals surface area (Å²) < 4.78 is 10.8. The van der Waals surface area contributed by atoms with Crippen molar-refractivity contribution in [3.05, 3.63) is 57.6 Å². The van der Waals surface area contributed by atoms with Gasteiger partial charge in [0.25, 0.3) is 0 Å². The first-order valence-corrected chi connectivity index (χ1v) is 14.9. The van der Waals surface area contributed by atoms with Crippen molar-refractivity contribution in [1.82, 2.24) is 5.43 Å². The maximum Gasteiger partial charge on any atom is 0.345 e. The zero-order valence-electron chi connectivity index (χ0n) is 23.3. The number of benzene rings is 2. The number of nitrogens with one attached hydrogen (secondary N) is 1. The average Bonchev–Trinajstić information content (AvgIpc) is 2.92. The Hall–Kier alpha value is -2.57. The standard InChI is InChI=1S/C31H42Cl2N2O4/c1-3-4-5-6-7-8-9-10-11-12-13-14-15-16-30(36)35-34-23-24-17-20-28(29(21-24)38-2)39-31(37)26-19-18-25(32)22-27(26)33/h17-23H,3-16H2,1-2H3,(H,35,36)/b34-23-. The molecule has 1 amide bonds. The Bertz CT molecular complexity index is 1060. The van der Waals surface area contributed by atoms with E-state index in [1.54, 1.807) is 24.3 Å². The van der Waals surface area contributed by atoms with Crippen LogP contribution in [0, 0.1) is 0 Å². The molecule has 0 heterocycles. The van der Waals surface area contributed by atoms with Gasteiger partial charge in [-0.25, -0.2) is 10.2 Å². The highest BCUT2D eigenvalue weighted by Crippen LogP contribution is 2.30. The van der Waals surface area contributed by atoms with Gasteiger partial charge in [0.05, 0.1) is 23.9 Å². The SMILES string of the molecule is CCCCCCCCCCCCCCCC(=O)N/N=C\c1ccc(OC(=O)c2ccc(Cl)cc2Cl)c(OC)c1. The molecule has 0 radical (unpaired) electrons. The molecule has 2 aromatic rings. The number of carbonyl (C=O) groups excluding carboxylic acids is 2. The van der Waals surface area contributed by atoms with Gasteiger partial charge in [-0.3, -0.25) is 4.79 Å². The van der Waals surface area contributed by atoms with Gasteiger partial charge < -0.3 is 9.47 Å². The molecule has 0 bridgehead atoms. The summed E-state index contributed by atoms with van der Waals surface area (Å²) in [4.78, 5) is 24.6. The van der Waals surface area contributed by atoms with Crippen molar-refractivity contribution in [2.45, 2.75) is 96.8 Å². The fourth-order valence-electron chi connectivity index (χ4n) is 4.20. The van der Waals surface area contributed by atoms with Crippen LogP contribution in [0.2, 0.25) is 10.0 Å². The van der Waals surface area contributed by atoms with Gasteiger partial charge in [0.2, 0.25) is 5.91 Å². The van der Waals surface area contributed by atoms with Gasteiger partial charge >= 0.3 is 5.97 Å². The number of unbranched alkanes of at least 4 members (excludes halogenated alkanes) is 12. The van der Waals surface area contributed by atoms with Crippen molar-refractivity contribution in [2.24, 2.45) is 5.10 Å². The topological polar surface area (TPSA) is 77.0 Å². The summed E-state index contributed by atoms with van der Waals surface area (Å²) in [5.74, 6) is -0.156. The number of amides is 1. The summed E-state index contributed by atoms with van der Waals surface area (Å²) in [5, 5.41) is 4.66. The van der Waals surface area contributed by atoms with E-state index in [0.717, 1.165) is 12.8 Å². The number of ether oxygens (including phenoxy) is 2. The van der Waals surface area contributed by atoms with E-state index in [-0.39, 0.29) is 22.2 Å². The summed E-state index contributed by atoms with van der Waals surface area (Å²) >= 11 is 12.0. The predicted octanol–water partition coefficient (Wildman–Crippen LogP) is 9.15. The maximum atomic E-state index is 12.5. The lowest BCUT2D eigenvalue weighted by atomic mass is 10.0. The number of hydrogen-bond acceptors (Lipinski definition) is 5. The summed E-state index contributed by atoms with van der Waals surface area (Å²) in [6.45, 7) is 2.26. The Balaban J connectivity index is 1.63. The highest BCUT2D eigenvalue weighted by molar-refractivity contribution is 6.36. The third kappa shape index (κ3) is 13.4. The second-order valence-corrected chi connectivity index (χ2v) is 10.6. The molecule has 0 fully saturated rings. The molecular weight excluding hydrogens is 535 g/mol. The van der Waals surface area contributed by atoms with Crippen molar-refractivity contribution in [2.75, 3.05) is 7.11 Å². The lowest BCUT2D eigenvalue weighted by Crippen LogP contribution is -2.16. The van der Waals surface area contributed by atoms with Gasteiger partial charge in [-0.05, 0) is 48.4 Å². The van der Waals surface area contributed by atoms with Crippen LogP contribution >= 0.6 is 23.2 Å². The van der Waals surface area contributed by atoms with Crippen molar-refractivity contribution >= 4 is 41.3 Å². The van der Waals surface area contributed by atoms with E-state index in [9.17, 15) is 9.59 Å². The molecule has 0 aliphatic rings. The molecule has 0 saturated carbocycles. The number of nitrogens with zero attached hydrogens (tertiary/aromatic N) is 1. The fourth-order valence-corrected chi connectivity index (χ4v) is 4.68. The number of hydrogen-bond donors (Lipinski definition) is 1. The fraction of sp³-hybridized carbons (Fsp3) is 0.516. The van der Waals surface area contributed by atoms with Crippen molar-refractivity contribution < 1.29 is 19.1 Å². The van der Waals surface area contributed by atoms with Crippen molar-refractivity contribution in [1.29, 1.82) is 0 Å². The number of hydrazone groups is 1. The molecule has 6 nitrogen and oxygen atoms in total. The van der Waals surface area contributed by atoms with Crippen molar-refractivity contribution in [3.63, 3.8) is 0 Å². The van der Waals surface area contributed by atoms with Crippen LogP contribution in [-0.2, 0) is 4.79 Å². The molecule has 8 heteroatoms. The van der Waals surface area contributed by atoms with Gasteiger partial charge in [0.15, 0.2) is 11.5 Å². The molecule has 0 aromatic heterocycles.